The molecule has 0 amide bonds. The van der Waals surface area contributed by atoms with Crippen LogP contribution in [0.4, 0.5) is 0 Å². The maximum absolute atomic E-state index is 5.77. The fourth-order valence-corrected chi connectivity index (χ4v) is 5.51. The molecule has 3 aromatic rings. The van der Waals surface area contributed by atoms with Crippen molar-refractivity contribution in [1.82, 2.24) is 9.55 Å². The third-order valence-corrected chi connectivity index (χ3v) is 7.09. The van der Waals surface area contributed by atoms with Crippen molar-refractivity contribution in [3.63, 3.8) is 0 Å². The monoisotopic (exact) mass is 466 g/mol. The highest BCUT2D eigenvalue weighted by molar-refractivity contribution is 9.10. The minimum atomic E-state index is 0.225. The molecule has 4 rings (SSSR count). The van der Waals surface area contributed by atoms with Gasteiger partial charge in [0.05, 0.1) is 28.2 Å². The van der Waals surface area contributed by atoms with E-state index < -0.39 is 0 Å². The van der Waals surface area contributed by atoms with E-state index >= 15 is 0 Å². The van der Waals surface area contributed by atoms with Gasteiger partial charge in [-0.05, 0) is 34.5 Å². The molecule has 3 nitrogen and oxygen atoms in total. The number of imidazole rings is 1. The summed E-state index contributed by atoms with van der Waals surface area (Å²) in [5.74, 6) is 1.86. The van der Waals surface area contributed by atoms with E-state index in [1.165, 1.54) is 5.56 Å². The van der Waals surface area contributed by atoms with E-state index in [2.05, 4.69) is 78.9 Å². The zero-order chi connectivity index (χ0) is 16.7. The second kappa shape index (κ2) is 6.73. The second-order valence-electron chi connectivity index (χ2n) is 5.65. The van der Waals surface area contributed by atoms with E-state index in [1.807, 2.05) is 6.92 Å². The first-order valence-corrected chi connectivity index (χ1v) is 10.5. The largest absolute Gasteiger partial charge is 0.493 e. The van der Waals surface area contributed by atoms with Crippen LogP contribution in [-0.2, 0) is 0 Å². The van der Waals surface area contributed by atoms with Gasteiger partial charge in [0.2, 0.25) is 0 Å². The maximum Gasteiger partial charge on any atom is 0.169 e. The highest BCUT2D eigenvalue weighted by Gasteiger charge is 2.32. The summed E-state index contributed by atoms with van der Waals surface area (Å²) >= 11 is 9.27. The Kier molecular flexibility index (Phi) is 4.62. The molecule has 0 fully saturated rings. The lowest BCUT2D eigenvalue weighted by atomic mass is 10.0. The van der Waals surface area contributed by atoms with Crippen molar-refractivity contribution < 1.29 is 4.74 Å². The van der Waals surface area contributed by atoms with E-state index in [0.717, 1.165) is 32.2 Å². The Hall–Kier alpha value is -0.980. The van der Waals surface area contributed by atoms with Crippen LogP contribution in [0.2, 0.25) is 0 Å². The molecule has 0 saturated heterocycles. The Labute approximate surface area is 162 Å². The molecule has 0 radical (unpaired) electrons. The lowest BCUT2D eigenvalue weighted by Gasteiger charge is -2.30. The summed E-state index contributed by atoms with van der Waals surface area (Å²) < 4.78 is 9.06. The standard InChI is InChI=1S/C18H16Br2N2OS/c1-2-23-16-9-15-14(8-12(16)19)21-18-22(15)17(13(20)10-24-18)11-6-4-3-5-7-11/h3-9,13,17H,2,10H2,1H3/t13-,17+/m1/s1. The van der Waals surface area contributed by atoms with Crippen LogP contribution in [0, 0.1) is 0 Å². The number of hydrogen-bond acceptors (Lipinski definition) is 3. The fourth-order valence-electron chi connectivity index (χ4n) is 3.13. The van der Waals surface area contributed by atoms with Crippen molar-refractivity contribution >= 4 is 54.7 Å². The number of nitrogens with zero attached hydrogens (tertiary/aromatic N) is 2. The zero-order valence-electron chi connectivity index (χ0n) is 13.1. The van der Waals surface area contributed by atoms with Gasteiger partial charge in [0.25, 0.3) is 0 Å². The molecule has 1 aromatic heterocycles. The van der Waals surface area contributed by atoms with Crippen LogP contribution in [0.5, 0.6) is 5.75 Å². The maximum atomic E-state index is 5.77. The van der Waals surface area contributed by atoms with Gasteiger partial charge in [-0.25, -0.2) is 4.98 Å². The van der Waals surface area contributed by atoms with E-state index in [9.17, 15) is 0 Å². The van der Waals surface area contributed by atoms with Crippen LogP contribution >= 0.6 is 43.6 Å². The van der Waals surface area contributed by atoms with Crippen molar-refractivity contribution in [2.24, 2.45) is 0 Å². The summed E-state index contributed by atoms with van der Waals surface area (Å²) in [6, 6.07) is 15.0. The van der Waals surface area contributed by atoms with Crippen molar-refractivity contribution in [2.45, 2.75) is 22.9 Å². The first kappa shape index (κ1) is 16.5. The van der Waals surface area contributed by atoms with Crippen LogP contribution in [0.25, 0.3) is 11.0 Å². The topological polar surface area (TPSA) is 27.1 Å². The van der Waals surface area contributed by atoms with Crippen molar-refractivity contribution in [3.8, 4) is 5.75 Å². The molecule has 2 atom stereocenters. The van der Waals surface area contributed by atoms with Crippen LogP contribution in [0.1, 0.15) is 18.5 Å². The van der Waals surface area contributed by atoms with Crippen LogP contribution in [0.15, 0.2) is 52.1 Å². The minimum absolute atomic E-state index is 0.225. The predicted molar refractivity (Wildman–Crippen MR) is 107 cm³/mol. The van der Waals surface area contributed by atoms with Gasteiger partial charge in [-0.15, -0.1) is 0 Å². The fraction of sp³-hybridized carbons (Fsp3) is 0.278. The Balaban J connectivity index is 1.94. The highest BCUT2D eigenvalue weighted by atomic mass is 79.9. The third kappa shape index (κ3) is 2.78. The highest BCUT2D eigenvalue weighted by Crippen LogP contribution is 2.43. The molecular weight excluding hydrogens is 452 g/mol. The molecule has 1 aliphatic rings. The van der Waals surface area contributed by atoms with Gasteiger partial charge in [0.15, 0.2) is 5.16 Å². The zero-order valence-corrected chi connectivity index (χ0v) is 17.1. The van der Waals surface area contributed by atoms with Gasteiger partial charge in [-0.1, -0.05) is 58.0 Å². The summed E-state index contributed by atoms with van der Waals surface area (Å²) in [4.78, 5) is 5.20. The second-order valence-corrected chi connectivity index (χ2v) is 8.67. The minimum Gasteiger partial charge on any atom is -0.493 e. The lowest BCUT2D eigenvalue weighted by molar-refractivity contribution is 0.338. The predicted octanol–water partition coefficient (Wildman–Crippen LogP) is 5.66. The third-order valence-electron chi connectivity index (χ3n) is 4.14. The van der Waals surface area contributed by atoms with Gasteiger partial charge >= 0.3 is 0 Å². The molecule has 124 valence electrons. The van der Waals surface area contributed by atoms with Gasteiger partial charge in [-0.2, -0.15) is 0 Å². The summed E-state index contributed by atoms with van der Waals surface area (Å²) in [6.45, 7) is 2.64. The van der Waals surface area contributed by atoms with Crippen molar-refractivity contribution in [2.75, 3.05) is 12.4 Å². The Morgan fingerprint density at radius 2 is 2.08 bits per heavy atom. The van der Waals surface area contributed by atoms with E-state index in [1.54, 1.807) is 11.8 Å². The molecule has 0 spiro atoms. The molecule has 1 aliphatic heterocycles. The van der Waals surface area contributed by atoms with Gasteiger partial charge in [0, 0.05) is 16.6 Å². The smallest absolute Gasteiger partial charge is 0.169 e. The molecule has 24 heavy (non-hydrogen) atoms. The molecule has 0 aliphatic carbocycles. The molecule has 6 heteroatoms. The first-order valence-electron chi connectivity index (χ1n) is 7.85. The number of hydrogen-bond donors (Lipinski definition) is 0. The van der Waals surface area contributed by atoms with E-state index in [0.29, 0.717) is 11.4 Å². The molecule has 0 bridgehead atoms. The van der Waals surface area contributed by atoms with Crippen molar-refractivity contribution in [3.05, 3.63) is 52.5 Å². The normalized spacial score (nSPS) is 20.1. The molecule has 0 saturated carbocycles. The quantitative estimate of drug-likeness (QED) is 0.465. The number of alkyl halides is 1. The molecule has 0 unspecified atom stereocenters. The Morgan fingerprint density at radius 1 is 1.29 bits per heavy atom. The molecule has 0 N–H and O–H groups in total. The van der Waals surface area contributed by atoms with E-state index in [4.69, 9.17) is 9.72 Å². The van der Waals surface area contributed by atoms with Gasteiger partial charge in [0.1, 0.15) is 5.75 Å². The average Bonchev–Trinajstić information content (AvgIpc) is 2.93. The number of ether oxygens (including phenoxy) is 1. The molecule has 2 heterocycles. The first-order chi connectivity index (χ1) is 11.7. The number of aromatic nitrogens is 2. The summed E-state index contributed by atoms with van der Waals surface area (Å²) in [5, 5.41) is 1.06. The van der Waals surface area contributed by atoms with Crippen LogP contribution in [0.3, 0.4) is 0 Å². The van der Waals surface area contributed by atoms with Crippen LogP contribution in [-0.4, -0.2) is 26.7 Å². The summed E-state index contributed by atoms with van der Waals surface area (Å²) in [5.41, 5.74) is 3.40. The molecule has 2 aromatic carbocycles. The SMILES string of the molecule is CCOc1cc2c(cc1Br)nc1n2[C@@H](c2ccccc2)[C@H](Br)CS1. The van der Waals surface area contributed by atoms with Gasteiger partial charge in [-0.3, -0.25) is 0 Å². The number of halogens is 2. The molecular formula is C18H16Br2N2OS. The van der Waals surface area contributed by atoms with Crippen molar-refractivity contribution in [1.29, 1.82) is 0 Å². The number of fused-ring (bicyclic) bond motifs is 3. The Morgan fingerprint density at radius 3 is 2.83 bits per heavy atom. The number of thioether (sulfide) groups is 1. The Bertz CT molecular complexity index is 882. The number of rotatable bonds is 3. The van der Waals surface area contributed by atoms with Crippen LogP contribution < -0.4 is 4.74 Å². The lowest BCUT2D eigenvalue weighted by Crippen LogP contribution is -2.27. The summed E-state index contributed by atoms with van der Waals surface area (Å²) in [7, 11) is 0. The summed E-state index contributed by atoms with van der Waals surface area (Å²) in [6.07, 6.45) is 0. The number of benzene rings is 2. The van der Waals surface area contributed by atoms with Gasteiger partial charge < -0.3 is 9.30 Å². The van der Waals surface area contributed by atoms with E-state index in [-0.39, 0.29) is 6.04 Å². The average molecular weight is 468 g/mol.